The lowest BCUT2D eigenvalue weighted by atomic mass is 10.1. The highest BCUT2D eigenvalue weighted by molar-refractivity contribution is 6.30. The predicted molar refractivity (Wildman–Crippen MR) is 97.9 cm³/mol. The smallest absolute Gasteiger partial charge is 0.251 e. The van der Waals surface area contributed by atoms with Gasteiger partial charge in [0.15, 0.2) is 11.6 Å². The fraction of sp³-hybridized carbons (Fsp3) is 0.625. The molecule has 0 spiro atoms. The maximum absolute atomic E-state index is 13.5. The number of aromatic nitrogens is 4. The van der Waals surface area contributed by atoms with E-state index in [9.17, 15) is 17.6 Å². The number of fused-ring (bicyclic) bond motifs is 1. The minimum atomic E-state index is -2.72. The molecule has 0 aromatic carbocycles. The molecule has 0 saturated carbocycles. The molecular formula is C16H16Cl2F4N6. The van der Waals surface area contributed by atoms with Crippen LogP contribution in [0.5, 0.6) is 0 Å². The molecule has 28 heavy (non-hydrogen) atoms. The molecule has 2 aliphatic heterocycles. The SMILES string of the molecule is FC1(F)CCN(c2nc(Cl)nc3c(N4CCC(F)(F)CC4)nc(Cl)nc23)CC1. The quantitative estimate of drug-likeness (QED) is 0.517. The van der Waals surface area contributed by atoms with E-state index in [1.54, 1.807) is 9.80 Å². The Labute approximate surface area is 167 Å². The Balaban J connectivity index is 1.76. The number of alkyl halides is 4. The zero-order chi connectivity index (χ0) is 20.1. The molecule has 2 aromatic heterocycles. The molecule has 152 valence electrons. The first kappa shape index (κ1) is 19.6. The van der Waals surface area contributed by atoms with Gasteiger partial charge in [0.05, 0.1) is 0 Å². The van der Waals surface area contributed by atoms with E-state index in [0.717, 1.165) is 0 Å². The van der Waals surface area contributed by atoms with Crippen LogP contribution in [0, 0.1) is 0 Å². The van der Waals surface area contributed by atoms with Gasteiger partial charge in [-0.15, -0.1) is 0 Å². The molecule has 2 saturated heterocycles. The van der Waals surface area contributed by atoms with Crippen LogP contribution in [0.2, 0.25) is 10.6 Å². The van der Waals surface area contributed by atoms with Gasteiger partial charge in [-0.25, -0.2) is 27.5 Å². The summed E-state index contributed by atoms with van der Waals surface area (Å²) in [5.41, 5.74) is 0.531. The van der Waals surface area contributed by atoms with Gasteiger partial charge < -0.3 is 9.80 Å². The molecule has 4 rings (SSSR count). The lowest BCUT2D eigenvalue weighted by Gasteiger charge is -2.34. The number of hydrogen-bond donors (Lipinski definition) is 0. The molecule has 4 heterocycles. The monoisotopic (exact) mass is 438 g/mol. The second-order valence-electron chi connectivity index (χ2n) is 7.02. The molecule has 0 aliphatic carbocycles. The second kappa shape index (κ2) is 6.98. The van der Waals surface area contributed by atoms with Crippen molar-refractivity contribution in [2.75, 3.05) is 36.0 Å². The van der Waals surface area contributed by atoms with E-state index < -0.39 is 11.8 Å². The second-order valence-corrected chi connectivity index (χ2v) is 7.69. The Hall–Kier alpha value is -1.68. The first-order valence-corrected chi connectivity index (χ1v) is 9.56. The first-order valence-electron chi connectivity index (χ1n) is 8.80. The third-order valence-electron chi connectivity index (χ3n) is 5.04. The standard InChI is InChI=1S/C16H16Cl2F4N6/c17-13-24-10-9(11(25-13)27-5-1-15(19,20)2-6-27)23-14(18)26-12(10)28-7-3-16(21,22)4-8-28/h1-8H2. The summed E-state index contributed by atoms with van der Waals surface area (Å²) >= 11 is 12.1. The molecule has 0 atom stereocenters. The summed E-state index contributed by atoms with van der Waals surface area (Å²) in [7, 11) is 0. The lowest BCUT2D eigenvalue weighted by molar-refractivity contribution is -0.0227. The van der Waals surface area contributed by atoms with Gasteiger partial charge >= 0.3 is 0 Å². The highest BCUT2D eigenvalue weighted by Crippen LogP contribution is 2.37. The largest absolute Gasteiger partial charge is 0.354 e. The van der Waals surface area contributed by atoms with Crippen LogP contribution in [0.4, 0.5) is 29.2 Å². The van der Waals surface area contributed by atoms with E-state index in [4.69, 9.17) is 23.2 Å². The van der Waals surface area contributed by atoms with E-state index in [-0.39, 0.29) is 73.5 Å². The Kier molecular flexibility index (Phi) is 4.89. The number of anilines is 2. The minimum Gasteiger partial charge on any atom is -0.354 e. The van der Waals surface area contributed by atoms with Crippen LogP contribution in [0.3, 0.4) is 0 Å². The van der Waals surface area contributed by atoms with Crippen molar-refractivity contribution >= 4 is 45.9 Å². The van der Waals surface area contributed by atoms with Crippen LogP contribution in [0.1, 0.15) is 25.7 Å². The van der Waals surface area contributed by atoms with Crippen molar-refractivity contribution in [2.45, 2.75) is 37.5 Å². The summed E-state index contributed by atoms with van der Waals surface area (Å²) in [4.78, 5) is 20.0. The molecule has 2 fully saturated rings. The number of halogens is 6. The van der Waals surface area contributed by atoms with Crippen molar-refractivity contribution in [3.05, 3.63) is 10.6 Å². The van der Waals surface area contributed by atoms with Crippen LogP contribution in [-0.4, -0.2) is 58.0 Å². The number of hydrogen-bond acceptors (Lipinski definition) is 6. The highest BCUT2D eigenvalue weighted by Gasteiger charge is 2.37. The molecule has 6 nitrogen and oxygen atoms in total. The molecule has 0 radical (unpaired) electrons. The van der Waals surface area contributed by atoms with Crippen molar-refractivity contribution in [3.8, 4) is 0 Å². The molecule has 2 aliphatic rings. The average molecular weight is 439 g/mol. The van der Waals surface area contributed by atoms with Crippen LogP contribution in [-0.2, 0) is 0 Å². The summed E-state index contributed by atoms with van der Waals surface area (Å²) in [5, 5.41) is -0.205. The van der Waals surface area contributed by atoms with Crippen molar-refractivity contribution in [1.29, 1.82) is 0 Å². The van der Waals surface area contributed by atoms with E-state index in [2.05, 4.69) is 19.9 Å². The van der Waals surface area contributed by atoms with E-state index in [0.29, 0.717) is 11.6 Å². The summed E-state index contributed by atoms with van der Waals surface area (Å²) in [6.07, 6.45) is -1.27. The number of nitrogens with zero attached hydrogens (tertiary/aromatic N) is 6. The zero-order valence-electron chi connectivity index (χ0n) is 14.6. The van der Waals surface area contributed by atoms with Crippen LogP contribution < -0.4 is 9.80 Å². The molecule has 0 bridgehead atoms. The van der Waals surface area contributed by atoms with Crippen LogP contribution >= 0.6 is 23.2 Å². The minimum absolute atomic E-state index is 0.0718. The normalized spacial score (nSPS) is 21.9. The lowest BCUT2D eigenvalue weighted by Crippen LogP contribution is -2.40. The maximum atomic E-state index is 13.5. The van der Waals surface area contributed by atoms with Gasteiger partial charge in [-0.3, -0.25) is 0 Å². The zero-order valence-corrected chi connectivity index (χ0v) is 16.1. The molecule has 0 N–H and O–H groups in total. The fourth-order valence-electron chi connectivity index (χ4n) is 3.47. The highest BCUT2D eigenvalue weighted by atomic mass is 35.5. The van der Waals surface area contributed by atoms with Gasteiger partial charge in [0, 0.05) is 51.9 Å². The van der Waals surface area contributed by atoms with Gasteiger partial charge in [0.1, 0.15) is 11.0 Å². The average Bonchev–Trinajstić information content (AvgIpc) is 2.61. The van der Waals surface area contributed by atoms with E-state index >= 15 is 0 Å². The Bertz CT molecular complexity index is 819. The molecule has 2 aromatic rings. The maximum Gasteiger partial charge on any atom is 0.251 e. The van der Waals surface area contributed by atoms with E-state index in [1.165, 1.54) is 0 Å². The third kappa shape index (κ3) is 3.89. The van der Waals surface area contributed by atoms with Gasteiger partial charge in [-0.1, -0.05) is 0 Å². The molecule has 12 heteroatoms. The molecule has 0 amide bonds. The van der Waals surface area contributed by atoms with Gasteiger partial charge in [-0.2, -0.15) is 9.97 Å². The number of rotatable bonds is 2. The summed E-state index contributed by atoms with van der Waals surface area (Å²) in [6, 6.07) is 0. The Morgan fingerprint density at radius 3 is 1.25 bits per heavy atom. The van der Waals surface area contributed by atoms with Crippen molar-refractivity contribution in [2.24, 2.45) is 0 Å². The van der Waals surface area contributed by atoms with Gasteiger partial charge in [0.25, 0.3) is 11.8 Å². The van der Waals surface area contributed by atoms with Crippen LogP contribution in [0.15, 0.2) is 0 Å². The third-order valence-corrected chi connectivity index (χ3v) is 5.38. The molecular weight excluding hydrogens is 423 g/mol. The summed E-state index contributed by atoms with van der Waals surface area (Å²) in [6.45, 7) is 0.287. The first-order chi connectivity index (χ1) is 13.1. The topological polar surface area (TPSA) is 58.0 Å². The van der Waals surface area contributed by atoms with Crippen molar-refractivity contribution < 1.29 is 17.6 Å². The summed E-state index contributed by atoms with van der Waals surface area (Å²) < 4.78 is 54.1. The van der Waals surface area contributed by atoms with Crippen molar-refractivity contribution in [3.63, 3.8) is 0 Å². The van der Waals surface area contributed by atoms with Gasteiger partial charge in [0.2, 0.25) is 10.6 Å². The van der Waals surface area contributed by atoms with Crippen molar-refractivity contribution in [1.82, 2.24) is 19.9 Å². The summed E-state index contributed by atoms with van der Waals surface area (Å²) in [5.74, 6) is -4.86. The van der Waals surface area contributed by atoms with Crippen LogP contribution in [0.25, 0.3) is 11.0 Å². The predicted octanol–water partition coefficient (Wildman–Crippen LogP) is 4.20. The number of piperidine rings is 2. The fourth-order valence-corrected chi connectivity index (χ4v) is 3.79. The van der Waals surface area contributed by atoms with Gasteiger partial charge in [-0.05, 0) is 23.2 Å². The molecule has 0 unspecified atom stereocenters. The Morgan fingerprint density at radius 2 is 0.929 bits per heavy atom. The Morgan fingerprint density at radius 1 is 0.607 bits per heavy atom. The van der Waals surface area contributed by atoms with E-state index in [1.807, 2.05) is 0 Å².